The van der Waals surface area contributed by atoms with Gasteiger partial charge in [-0.05, 0) is 29.7 Å². The molecule has 2 rings (SSSR count). The van der Waals surface area contributed by atoms with E-state index in [1.165, 1.54) is 18.3 Å². The zero-order valence-corrected chi connectivity index (χ0v) is 12.1. The molecule has 5 nitrogen and oxygen atoms in total. The third-order valence-electron chi connectivity index (χ3n) is 3.16. The van der Waals surface area contributed by atoms with Gasteiger partial charge in [-0.3, -0.25) is 4.98 Å². The van der Waals surface area contributed by atoms with Crippen LogP contribution in [0.15, 0.2) is 42.6 Å². The summed E-state index contributed by atoms with van der Waals surface area (Å²) in [4.78, 5) is 15.5. The average Bonchev–Trinajstić information content (AvgIpc) is 2.55. The highest BCUT2D eigenvalue weighted by Gasteiger charge is 2.05. The van der Waals surface area contributed by atoms with Crippen LogP contribution in [-0.2, 0) is 19.6 Å². The summed E-state index contributed by atoms with van der Waals surface area (Å²) in [5.74, 6) is -0.438. The van der Waals surface area contributed by atoms with Crippen LogP contribution >= 0.6 is 0 Å². The Balaban J connectivity index is 1.70. The molecule has 22 heavy (non-hydrogen) atoms. The van der Waals surface area contributed by atoms with Crippen LogP contribution in [0.4, 0.5) is 9.18 Å². The minimum Gasteiger partial charge on any atom is -0.392 e. The highest BCUT2D eigenvalue weighted by Crippen LogP contribution is 2.04. The number of aliphatic hydroxyl groups is 1. The van der Waals surface area contributed by atoms with Gasteiger partial charge in [-0.25, -0.2) is 9.18 Å². The maximum Gasteiger partial charge on any atom is 0.315 e. The fourth-order valence-corrected chi connectivity index (χ4v) is 1.91. The molecule has 0 saturated heterocycles. The van der Waals surface area contributed by atoms with Gasteiger partial charge in [0.1, 0.15) is 5.82 Å². The number of carbonyl (C=O) groups is 1. The van der Waals surface area contributed by atoms with E-state index in [9.17, 15) is 9.18 Å². The van der Waals surface area contributed by atoms with Gasteiger partial charge in [-0.2, -0.15) is 0 Å². The van der Waals surface area contributed by atoms with Gasteiger partial charge in [0.2, 0.25) is 0 Å². The normalized spacial score (nSPS) is 10.3. The van der Waals surface area contributed by atoms with Crippen LogP contribution in [-0.4, -0.2) is 22.7 Å². The first-order valence-corrected chi connectivity index (χ1v) is 6.99. The van der Waals surface area contributed by atoms with Crippen molar-refractivity contribution in [1.82, 2.24) is 15.6 Å². The molecular weight excluding hydrogens is 285 g/mol. The lowest BCUT2D eigenvalue weighted by atomic mass is 10.1. The predicted octanol–water partition coefficient (Wildman–Crippen LogP) is 1.75. The van der Waals surface area contributed by atoms with Gasteiger partial charge in [0.05, 0.1) is 18.8 Å². The van der Waals surface area contributed by atoms with E-state index in [1.807, 2.05) is 24.3 Å². The lowest BCUT2D eigenvalue weighted by Crippen LogP contribution is -2.36. The molecule has 0 fully saturated rings. The number of amides is 2. The van der Waals surface area contributed by atoms with Crippen LogP contribution in [0.2, 0.25) is 0 Å². The Kier molecular flexibility index (Phi) is 5.85. The number of halogens is 1. The van der Waals surface area contributed by atoms with Crippen LogP contribution in [0.1, 0.15) is 16.8 Å². The fourth-order valence-electron chi connectivity index (χ4n) is 1.91. The van der Waals surface area contributed by atoms with Crippen LogP contribution in [0.3, 0.4) is 0 Å². The first-order valence-electron chi connectivity index (χ1n) is 6.99. The van der Waals surface area contributed by atoms with Crippen LogP contribution < -0.4 is 10.6 Å². The molecule has 2 amide bonds. The fraction of sp³-hybridized carbons (Fsp3) is 0.250. The van der Waals surface area contributed by atoms with Crippen molar-refractivity contribution >= 4 is 6.03 Å². The lowest BCUT2D eigenvalue weighted by Gasteiger charge is -2.08. The highest BCUT2D eigenvalue weighted by molar-refractivity contribution is 5.73. The molecule has 0 radical (unpaired) electrons. The predicted molar refractivity (Wildman–Crippen MR) is 80.5 cm³/mol. The standard InChI is InChI=1S/C16H18FN3O2/c17-14-2-1-8-18-15(14)10-20-16(22)19-9-7-12-3-5-13(11-21)6-4-12/h1-6,8,21H,7,9-11H2,(H2,19,20,22). The van der Waals surface area contributed by atoms with Gasteiger partial charge in [0.25, 0.3) is 0 Å². The van der Waals surface area contributed by atoms with Crippen LogP contribution in [0.25, 0.3) is 0 Å². The topological polar surface area (TPSA) is 74.2 Å². The number of hydrogen-bond acceptors (Lipinski definition) is 3. The number of urea groups is 1. The van der Waals surface area contributed by atoms with Crippen molar-refractivity contribution in [3.63, 3.8) is 0 Å². The molecule has 1 heterocycles. The molecular formula is C16H18FN3O2. The number of aliphatic hydroxyl groups excluding tert-OH is 1. The molecule has 0 unspecified atom stereocenters. The number of rotatable bonds is 6. The summed E-state index contributed by atoms with van der Waals surface area (Å²) in [7, 11) is 0. The first kappa shape index (κ1) is 15.9. The number of nitrogens with one attached hydrogen (secondary N) is 2. The molecule has 3 N–H and O–H groups in total. The number of nitrogens with zero attached hydrogens (tertiary/aromatic N) is 1. The first-order chi connectivity index (χ1) is 10.7. The average molecular weight is 303 g/mol. The quantitative estimate of drug-likeness (QED) is 0.761. The third-order valence-corrected chi connectivity index (χ3v) is 3.16. The molecule has 0 bridgehead atoms. The molecule has 6 heteroatoms. The van der Waals surface area contributed by atoms with Gasteiger partial charge in [-0.15, -0.1) is 0 Å². The van der Waals surface area contributed by atoms with E-state index in [0.717, 1.165) is 11.1 Å². The number of benzene rings is 1. The number of pyridine rings is 1. The van der Waals surface area contributed by atoms with E-state index in [2.05, 4.69) is 15.6 Å². The van der Waals surface area contributed by atoms with E-state index in [0.29, 0.717) is 13.0 Å². The van der Waals surface area contributed by atoms with Crippen LogP contribution in [0.5, 0.6) is 0 Å². The Hall–Kier alpha value is -2.47. The highest BCUT2D eigenvalue weighted by atomic mass is 19.1. The van der Waals surface area contributed by atoms with Crippen molar-refractivity contribution in [2.75, 3.05) is 6.54 Å². The molecule has 116 valence electrons. The summed E-state index contributed by atoms with van der Waals surface area (Å²) in [5, 5.41) is 14.2. The molecule has 0 aliphatic heterocycles. The molecule has 1 aromatic heterocycles. The minimum atomic E-state index is -0.438. The zero-order valence-electron chi connectivity index (χ0n) is 12.1. The molecule has 1 aromatic carbocycles. The van der Waals surface area contributed by atoms with Crippen molar-refractivity contribution < 1.29 is 14.3 Å². The smallest absolute Gasteiger partial charge is 0.315 e. The number of carbonyl (C=O) groups excluding carboxylic acids is 1. The molecule has 0 aliphatic rings. The molecule has 0 aliphatic carbocycles. The van der Waals surface area contributed by atoms with Gasteiger partial charge >= 0.3 is 6.03 Å². The minimum absolute atomic E-state index is 0.0189. The number of hydrogen-bond donors (Lipinski definition) is 3. The Bertz CT molecular complexity index is 617. The van der Waals surface area contributed by atoms with E-state index in [1.54, 1.807) is 0 Å². The maximum atomic E-state index is 13.3. The second-order valence-electron chi connectivity index (χ2n) is 4.77. The molecule has 2 aromatic rings. The Morgan fingerprint density at radius 1 is 1.14 bits per heavy atom. The second kappa shape index (κ2) is 8.09. The van der Waals surface area contributed by atoms with E-state index in [4.69, 9.17) is 5.11 Å². The van der Waals surface area contributed by atoms with E-state index in [-0.39, 0.29) is 24.9 Å². The zero-order chi connectivity index (χ0) is 15.8. The van der Waals surface area contributed by atoms with Gasteiger partial charge in [0, 0.05) is 12.7 Å². The summed E-state index contributed by atoms with van der Waals surface area (Å²) in [6.07, 6.45) is 2.16. The Morgan fingerprint density at radius 3 is 2.55 bits per heavy atom. The molecule has 0 spiro atoms. The van der Waals surface area contributed by atoms with Crippen LogP contribution in [0, 0.1) is 5.82 Å². The van der Waals surface area contributed by atoms with Crippen molar-refractivity contribution in [2.45, 2.75) is 19.6 Å². The second-order valence-corrected chi connectivity index (χ2v) is 4.77. The van der Waals surface area contributed by atoms with Gasteiger partial charge in [0.15, 0.2) is 0 Å². The molecule has 0 atom stereocenters. The summed E-state index contributed by atoms with van der Waals surface area (Å²) in [6.45, 7) is 0.531. The van der Waals surface area contributed by atoms with Gasteiger partial charge < -0.3 is 15.7 Å². The monoisotopic (exact) mass is 303 g/mol. The van der Waals surface area contributed by atoms with Crippen molar-refractivity contribution in [1.29, 1.82) is 0 Å². The van der Waals surface area contributed by atoms with E-state index >= 15 is 0 Å². The third kappa shape index (κ3) is 4.82. The summed E-state index contributed by atoms with van der Waals surface area (Å²) >= 11 is 0. The SMILES string of the molecule is O=C(NCCc1ccc(CO)cc1)NCc1ncccc1F. The van der Waals surface area contributed by atoms with Crippen molar-refractivity contribution in [2.24, 2.45) is 0 Å². The Morgan fingerprint density at radius 2 is 1.86 bits per heavy atom. The largest absolute Gasteiger partial charge is 0.392 e. The number of aromatic nitrogens is 1. The molecule has 0 saturated carbocycles. The summed E-state index contributed by atoms with van der Waals surface area (Å²) < 4.78 is 13.3. The van der Waals surface area contributed by atoms with Gasteiger partial charge in [-0.1, -0.05) is 24.3 Å². The van der Waals surface area contributed by atoms with E-state index < -0.39 is 5.82 Å². The maximum absolute atomic E-state index is 13.3. The lowest BCUT2D eigenvalue weighted by molar-refractivity contribution is 0.240. The Labute approximate surface area is 128 Å². The summed E-state index contributed by atoms with van der Waals surface area (Å²) in [5.41, 5.74) is 2.12. The summed E-state index contributed by atoms with van der Waals surface area (Å²) in [6, 6.07) is 9.96. The van der Waals surface area contributed by atoms with Crippen molar-refractivity contribution in [3.05, 3.63) is 65.2 Å². The van der Waals surface area contributed by atoms with Crippen molar-refractivity contribution in [3.8, 4) is 0 Å².